The molecule has 0 spiro atoms. The maximum absolute atomic E-state index is 12.4. The van der Waals surface area contributed by atoms with Crippen LogP contribution in [-0.2, 0) is 0 Å². The SMILES string of the molecule is NC(=O)c1cc(I)c(Br)nc1C(F)F. The summed E-state index contributed by atoms with van der Waals surface area (Å²) in [5.74, 6) is -0.904. The second kappa shape index (κ2) is 4.47. The molecule has 0 aromatic carbocycles. The molecule has 1 rings (SSSR count). The summed E-state index contributed by atoms with van der Waals surface area (Å²) >= 11 is 4.85. The molecule has 0 aliphatic rings. The molecule has 7 heteroatoms. The molecule has 0 aliphatic heterocycles. The third kappa shape index (κ3) is 2.38. The van der Waals surface area contributed by atoms with Crippen molar-refractivity contribution >= 4 is 44.4 Å². The van der Waals surface area contributed by atoms with E-state index in [0.717, 1.165) is 0 Å². The summed E-state index contributed by atoms with van der Waals surface area (Å²) in [6.45, 7) is 0. The zero-order valence-corrected chi connectivity index (χ0v) is 10.3. The number of aromatic nitrogens is 1. The normalized spacial score (nSPS) is 10.6. The topological polar surface area (TPSA) is 56.0 Å². The van der Waals surface area contributed by atoms with E-state index in [1.807, 2.05) is 22.6 Å². The Labute approximate surface area is 100 Å². The van der Waals surface area contributed by atoms with Crippen LogP contribution in [0.5, 0.6) is 0 Å². The number of amides is 1. The predicted molar refractivity (Wildman–Crippen MR) is 58.1 cm³/mol. The van der Waals surface area contributed by atoms with Crippen LogP contribution in [-0.4, -0.2) is 10.9 Å². The zero-order chi connectivity index (χ0) is 10.9. The van der Waals surface area contributed by atoms with E-state index < -0.39 is 18.0 Å². The third-order valence-corrected chi connectivity index (χ3v) is 3.60. The summed E-state index contributed by atoms with van der Waals surface area (Å²) in [4.78, 5) is 14.4. The lowest BCUT2D eigenvalue weighted by Gasteiger charge is -2.06. The van der Waals surface area contributed by atoms with Crippen molar-refractivity contribution in [2.24, 2.45) is 5.73 Å². The first-order chi connectivity index (χ1) is 6.43. The summed E-state index contributed by atoms with van der Waals surface area (Å²) in [5.41, 5.74) is 4.10. The van der Waals surface area contributed by atoms with E-state index in [1.54, 1.807) is 0 Å². The molecule has 0 saturated heterocycles. The Hall–Kier alpha value is -0.310. The summed E-state index contributed by atoms with van der Waals surface area (Å²) in [6.07, 6.45) is -2.81. The van der Waals surface area contributed by atoms with Crippen LogP contribution in [0.25, 0.3) is 0 Å². The summed E-state index contributed by atoms with van der Waals surface area (Å²) < 4.78 is 25.6. The molecular formula is C7H4BrF2IN2O. The van der Waals surface area contributed by atoms with Crippen LogP contribution in [0.1, 0.15) is 22.5 Å². The molecule has 0 radical (unpaired) electrons. The molecule has 0 fully saturated rings. The molecule has 1 aromatic heterocycles. The molecule has 0 atom stereocenters. The van der Waals surface area contributed by atoms with Gasteiger partial charge in [0.05, 0.1) is 5.56 Å². The van der Waals surface area contributed by atoms with Gasteiger partial charge in [0.2, 0.25) is 0 Å². The summed E-state index contributed by atoms with van der Waals surface area (Å²) in [5, 5.41) is 0. The van der Waals surface area contributed by atoms with E-state index in [0.29, 0.717) is 3.57 Å². The van der Waals surface area contributed by atoms with Gasteiger partial charge in [0, 0.05) is 3.57 Å². The van der Waals surface area contributed by atoms with Crippen LogP contribution in [0.15, 0.2) is 10.7 Å². The van der Waals surface area contributed by atoms with E-state index in [9.17, 15) is 13.6 Å². The standard InChI is InChI=1S/C7H4BrF2IN2O/c8-5-3(11)1-2(7(12)14)4(13-5)6(9)10/h1,6H,(H2,12,14). The van der Waals surface area contributed by atoms with Crippen molar-refractivity contribution in [3.63, 3.8) is 0 Å². The van der Waals surface area contributed by atoms with Crippen molar-refractivity contribution in [1.82, 2.24) is 4.98 Å². The first-order valence-corrected chi connectivity index (χ1v) is 5.24. The highest BCUT2D eigenvalue weighted by atomic mass is 127. The fourth-order valence-corrected chi connectivity index (χ4v) is 1.58. The lowest BCUT2D eigenvalue weighted by molar-refractivity contribution is 0.0982. The van der Waals surface area contributed by atoms with E-state index in [2.05, 4.69) is 20.9 Å². The Morgan fingerprint density at radius 1 is 1.64 bits per heavy atom. The second-order valence-electron chi connectivity index (χ2n) is 2.36. The Morgan fingerprint density at radius 2 is 2.21 bits per heavy atom. The van der Waals surface area contributed by atoms with Crippen LogP contribution in [0.2, 0.25) is 0 Å². The highest BCUT2D eigenvalue weighted by molar-refractivity contribution is 14.1. The largest absolute Gasteiger partial charge is 0.366 e. The summed E-state index contributed by atoms with van der Waals surface area (Å²) in [6, 6.07) is 1.28. The molecule has 0 saturated carbocycles. The molecule has 3 nitrogen and oxygen atoms in total. The highest BCUT2D eigenvalue weighted by Crippen LogP contribution is 2.26. The molecule has 2 N–H and O–H groups in total. The van der Waals surface area contributed by atoms with Crippen LogP contribution < -0.4 is 5.73 Å². The van der Waals surface area contributed by atoms with Crippen LogP contribution in [0, 0.1) is 3.57 Å². The van der Waals surface area contributed by atoms with Gasteiger partial charge in [-0.15, -0.1) is 0 Å². The monoisotopic (exact) mass is 376 g/mol. The minimum atomic E-state index is -2.81. The number of halogens is 4. The van der Waals surface area contributed by atoms with E-state index in [4.69, 9.17) is 5.73 Å². The Morgan fingerprint density at radius 3 is 2.64 bits per heavy atom. The molecule has 0 aliphatic carbocycles. The quantitative estimate of drug-likeness (QED) is 0.636. The second-order valence-corrected chi connectivity index (χ2v) is 4.27. The van der Waals surface area contributed by atoms with Crippen LogP contribution >= 0.6 is 38.5 Å². The molecule has 0 unspecified atom stereocenters. The molecule has 0 bridgehead atoms. The average Bonchev–Trinajstić information content (AvgIpc) is 2.08. The number of alkyl halides is 2. The van der Waals surface area contributed by atoms with Gasteiger partial charge in [-0.25, -0.2) is 13.8 Å². The number of hydrogen-bond acceptors (Lipinski definition) is 2. The number of carbonyl (C=O) groups excluding carboxylic acids is 1. The minimum Gasteiger partial charge on any atom is -0.366 e. The van der Waals surface area contributed by atoms with Crippen LogP contribution in [0.4, 0.5) is 8.78 Å². The number of primary amides is 1. The van der Waals surface area contributed by atoms with E-state index in [-0.39, 0.29) is 10.2 Å². The van der Waals surface area contributed by atoms with Gasteiger partial charge < -0.3 is 5.73 Å². The van der Waals surface area contributed by atoms with E-state index >= 15 is 0 Å². The molecule has 1 heterocycles. The van der Waals surface area contributed by atoms with E-state index in [1.165, 1.54) is 6.07 Å². The Kier molecular flexibility index (Phi) is 3.76. The maximum atomic E-state index is 12.4. The predicted octanol–water partition coefficient (Wildman–Crippen LogP) is 2.49. The highest BCUT2D eigenvalue weighted by Gasteiger charge is 2.20. The fourth-order valence-electron chi connectivity index (χ4n) is 0.843. The number of carbonyl (C=O) groups is 1. The van der Waals surface area contributed by atoms with Gasteiger partial charge in [0.25, 0.3) is 12.3 Å². The van der Waals surface area contributed by atoms with Gasteiger partial charge in [0.1, 0.15) is 10.3 Å². The van der Waals surface area contributed by atoms with Gasteiger partial charge in [-0.05, 0) is 44.6 Å². The molecule has 14 heavy (non-hydrogen) atoms. The lowest BCUT2D eigenvalue weighted by atomic mass is 10.2. The number of pyridine rings is 1. The Bertz CT molecular complexity index is 386. The van der Waals surface area contributed by atoms with Crippen molar-refractivity contribution in [3.05, 3.63) is 25.5 Å². The van der Waals surface area contributed by atoms with Crippen LogP contribution in [0.3, 0.4) is 0 Å². The maximum Gasteiger partial charge on any atom is 0.281 e. The average molecular weight is 377 g/mol. The molecular weight excluding hydrogens is 373 g/mol. The van der Waals surface area contributed by atoms with Crippen molar-refractivity contribution < 1.29 is 13.6 Å². The fraction of sp³-hybridized carbons (Fsp3) is 0.143. The van der Waals surface area contributed by atoms with Crippen molar-refractivity contribution in [2.45, 2.75) is 6.43 Å². The zero-order valence-electron chi connectivity index (χ0n) is 6.60. The first kappa shape index (κ1) is 11.8. The van der Waals surface area contributed by atoms with Crippen molar-refractivity contribution in [3.8, 4) is 0 Å². The number of nitrogens with two attached hydrogens (primary N) is 1. The van der Waals surface area contributed by atoms with Gasteiger partial charge in [-0.2, -0.15) is 0 Å². The summed E-state index contributed by atoms with van der Waals surface area (Å²) in [7, 11) is 0. The molecule has 1 aromatic rings. The molecule has 1 amide bonds. The van der Waals surface area contributed by atoms with Gasteiger partial charge in [-0.1, -0.05) is 0 Å². The van der Waals surface area contributed by atoms with Crippen molar-refractivity contribution in [1.29, 1.82) is 0 Å². The first-order valence-electron chi connectivity index (χ1n) is 3.37. The van der Waals surface area contributed by atoms with Gasteiger partial charge >= 0.3 is 0 Å². The third-order valence-electron chi connectivity index (χ3n) is 1.43. The van der Waals surface area contributed by atoms with Crippen molar-refractivity contribution in [2.75, 3.05) is 0 Å². The smallest absolute Gasteiger partial charge is 0.281 e. The number of rotatable bonds is 2. The number of nitrogens with zero attached hydrogens (tertiary/aromatic N) is 1. The van der Waals surface area contributed by atoms with Gasteiger partial charge in [-0.3, -0.25) is 4.79 Å². The minimum absolute atomic E-state index is 0.243. The molecule has 76 valence electrons. The number of hydrogen-bond donors (Lipinski definition) is 1. The lowest BCUT2D eigenvalue weighted by Crippen LogP contribution is -2.15. The Balaban J connectivity index is 3.39. The van der Waals surface area contributed by atoms with Gasteiger partial charge in [0.15, 0.2) is 0 Å².